The van der Waals surface area contributed by atoms with Crippen LogP contribution in [0.4, 0.5) is 0 Å². The van der Waals surface area contributed by atoms with Crippen LogP contribution in [0, 0.1) is 3.57 Å². The normalized spacial score (nSPS) is 14.1. The highest BCUT2D eigenvalue weighted by Gasteiger charge is 2.23. The van der Waals surface area contributed by atoms with Crippen LogP contribution in [-0.4, -0.2) is 17.3 Å². The highest BCUT2D eigenvalue weighted by Crippen LogP contribution is 2.16. The molecule has 1 atom stereocenters. The van der Waals surface area contributed by atoms with Gasteiger partial charge in [-0.15, -0.1) is 11.6 Å². The SMILES string of the molecule is CCC(C)(CCCl)NC(=O)c1ccc(I)cc1. The molecule has 1 rings (SSSR count). The molecule has 1 aromatic rings. The topological polar surface area (TPSA) is 29.1 Å². The molecule has 94 valence electrons. The fourth-order valence-corrected chi connectivity index (χ4v) is 2.26. The molecule has 0 aliphatic rings. The van der Waals surface area contributed by atoms with E-state index in [0.29, 0.717) is 11.4 Å². The van der Waals surface area contributed by atoms with E-state index in [4.69, 9.17) is 11.6 Å². The molecule has 0 saturated heterocycles. The molecule has 2 nitrogen and oxygen atoms in total. The zero-order valence-electron chi connectivity index (χ0n) is 10.1. The molecule has 0 aliphatic carbocycles. The predicted molar refractivity (Wildman–Crippen MR) is 80.7 cm³/mol. The van der Waals surface area contributed by atoms with E-state index in [0.717, 1.165) is 16.4 Å². The van der Waals surface area contributed by atoms with E-state index < -0.39 is 0 Å². The monoisotopic (exact) mass is 365 g/mol. The smallest absolute Gasteiger partial charge is 0.251 e. The van der Waals surface area contributed by atoms with Gasteiger partial charge in [0.2, 0.25) is 0 Å². The van der Waals surface area contributed by atoms with Gasteiger partial charge in [-0.05, 0) is 66.6 Å². The number of carbonyl (C=O) groups is 1. The van der Waals surface area contributed by atoms with Crippen LogP contribution in [0.5, 0.6) is 0 Å². The lowest BCUT2D eigenvalue weighted by molar-refractivity contribution is 0.0901. The Hall–Kier alpha value is -0.290. The van der Waals surface area contributed by atoms with Gasteiger partial charge in [-0.2, -0.15) is 0 Å². The summed E-state index contributed by atoms with van der Waals surface area (Å²) >= 11 is 7.98. The van der Waals surface area contributed by atoms with E-state index in [1.807, 2.05) is 31.2 Å². The first-order valence-corrected chi connectivity index (χ1v) is 7.26. The van der Waals surface area contributed by atoms with Crippen LogP contribution >= 0.6 is 34.2 Å². The maximum absolute atomic E-state index is 12.0. The van der Waals surface area contributed by atoms with Crippen molar-refractivity contribution in [1.29, 1.82) is 0 Å². The first-order valence-electron chi connectivity index (χ1n) is 5.65. The van der Waals surface area contributed by atoms with Gasteiger partial charge in [0.05, 0.1) is 0 Å². The van der Waals surface area contributed by atoms with Crippen LogP contribution in [0.1, 0.15) is 37.0 Å². The summed E-state index contributed by atoms with van der Waals surface area (Å²) in [5.74, 6) is 0.521. The van der Waals surface area contributed by atoms with Crippen LogP contribution in [0.3, 0.4) is 0 Å². The first kappa shape index (κ1) is 14.8. The highest BCUT2D eigenvalue weighted by molar-refractivity contribution is 14.1. The predicted octanol–water partition coefficient (Wildman–Crippen LogP) is 3.82. The Balaban J connectivity index is 2.74. The van der Waals surface area contributed by atoms with Crippen molar-refractivity contribution in [3.05, 3.63) is 33.4 Å². The third-order valence-corrected chi connectivity index (χ3v) is 3.86. The molecule has 0 saturated carbocycles. The van der Waals surface area contributed by atoms with E-state index in [1.54, 1.807) is 0 Å². The minimum Gasteiger partial charge on any atom is -0.347 e. The Bertz CT molecular complexity index is 380. The van der Waals surface area contributed by atoms with Crippen molar-refractivity contribution < 1.29 is 4.79 Å². The summed E-state index contributed by atoms with van der Waals surface area (Å²) in [6, 6.07) is 7.54. The number of nitrogens with one attached hydrogen (secondary N) is 1. The van der Waals surface area contributed by atoms with Crippen molar-refractivity contribution in [3.63, 3.8) is 0 Å². The van der Waals surface area contributed by atoms with Crippen LogP contribution in [-0.2, 0) is 0 Å². The zero-order valence-corrected chi connectivity index (χ0v) is 13.0. The molecule has 1 aromatic carbocycles. The maximum Gasteiger partial charge on any atom is 0.251 e. The molecule has 0 spiro atoms. The fourth-order valence-electron chi connectivity index (χ4n) is 1.48. The number of rotatable bonds is 5. The van der Waals surface area contributed by atoms with Crippen LogP contribution in [0.2, 0.25) is 0 Å². The molecule has 1 N–H and O–H groups in total. The Morgan fingerprint density at radius 1 is 1.41 bits per heavy atom. The summed E-state index contributed by atoms with van der Waals surface area (Å²) in [6.45, 7) is 4.08. The standard InChI is InChI=1S/C13H17ClINO/c1-3-13(2,8-9-14)16-12(17)10-4-6-11(15)7-5-10/h4-7H,3,8-9H2,1-2H3,(H,16,17). The lowest BCUT2D eigenvalue weighted by Gasteiger charge is -2.29. The largest absolute Gasteiger partial charge is 0.347 e. The van der Waals surface area contributed by atoms with Crippen molar-refractivity contribution in [2.24, 2.45) is 0 Å². The molecule has 17 heavy (non-hydrogen) atoms. The zero-order chi connectivity index (χ0) is 12.9. The molecule has 0 radical (unpaired) electrons. The van der Waals surface area contributed by atoms with Gasteiger partial charge >= 0.3 is 0 Å². The summed E-state index contributed by atoms with van der Waals surface area (Å²) in [4.78, 5) is 12.0. The van der Waals surface area contributed by atoms with E-state index in [2.05, 4.69) is 34.8 Å². The number of halogens is 2. The van der Waals surface area contributed by atoms with E-state index in [9.17, 15) is 4.79 Å². The molecular weight excluding hydrogens is 349 g/mol. The fraction of sp³-hybridized carbons (Fsp3) is 0.462. The maximum atomic E-state index is 12.0. The molecule has 0 heterocycles. The summed E-state index contributed by atoms with van der Waals surface area (Å²) in [6.07, 6.45) is 1.65. The molecule has 1 amide bonds. The van der Waals surface area contributed by atoms with Gasteiger partial charge in [-0.1, -0.05) is 6.92 Å². The van der Waals surface area contributed by atoms with E-state index >= 15 is 0 Å². The summed E-state index contributed by atoms with van der Waals surface area (Å²) in [7, 11) is 0. The summed E-state index contributed by atoms with van der Waals surface area (Å²) < 4.78 is 1.12. The number of alkyl halides is 1. The van der Waals surface area contributed by atoms with Crippen molar-refractivity contribution in [2.75, 3.05) is 5.88 Å². The molecule has 0 fully saturated rings. The minimum atomic E-state index is -0.220. The van der Waals surface area contributed by atoms with Crippen molar-refractivity contribution >= 4 is 40.1 Å². The molecule has 0 aromatic heterocycles. The average Bonchev–Trinajstić information content (AvgIpc) is 2.30. The van der Waals surface area contributed by atoms with Crippen LogP contribution in [0.25, 0.3) is 0 Å². The second kappa shape index (κ2) is 6.59. The number of carbonyl (C=O) groups excluding carboxylic acids is 1. The molecule has 1 unspecified atom stereocenters. The Kier molecular flexibility index (Phi) is 5.73. The minimum absolute atomic E-state index is 0.0316. The number of hydrogen-bond acceptors (Lipinski definition) is 1. The molecule has 0 bridgehead atoms. The summed E-state index contributed by atoms with van der Waals surface area (Å²) in [5.41, 5.74) is 0.474. The van der Waals surface area contributed by atoms with Crippen molar-refractivity contribution in [1.82, 2.24) is 5.32 Å². The Labute approximate surface area is 121 Å². The quantitative estimate of drug-likeness (QED) is 0.624. The highest BCUT2D eigenvalue weighted by atomic mass is 127. The molecule has 0 aliphatic heterocycles. The lowest BCUT2D eigenvalue weighted by atomic mass is 9.95. The lowest BCUT2D eigenvalue weighted by Crippen LogP contribution is -2.45. The van der Waals surface area contributed by atoms with Gasteiger partial charge in [0.25, 0.3) is 5.91 Å². The molecule has 4 heteroatoms. The van der Waals surface area contributed by atoms with Crippen molar-refractivity contribution in [2.45, 2.75) is 32.2 Å². The number of hydrogen-bond donors (Lipinski definition) is 1. The second-order valence-corrected chi connectivity index (χ2v) is 5.94. The van der Waals surface area contributed by atoms with E-state index in [-0.39, 0.29) is 11.4 Å². The average molecular weight is 366 g/mol. The molecular formula is C13H17ClINO. The number of benzene rings is 1. The van der Waals surface area contributed by atoms with Crippen LogP contribution < -0.4 is 5.32 Å². The van der Waals surface area contributed by atoms with Gasteiger partial charge in [-0.25, -0.2) is 0 Å². The third-order valence-electron chi connectivity index (χ3n) is 2.95. The Morgan fingerprint density at radius 3 is 2.47 bits per heavy atom. The second-order valence-electron chi connectivity index (χ2n) is 4.31. The van der Waals surface area contributed by atoms with Gasteiger partial charge in [0.1, 0.15) is 0 Å². The first-order chi connectivity index (χ1) is 8.00. The summed E-state index contributed by atoms with van der Waals surface area (Å²) in [5, 5.41) is 3.05. The Morgan fingerprint density at radius 2 is 2.00 bits per heavy atom. The van der Waals surface area contributed by atoms with Gasteiger partial charge in [0, 0.05) is 20.6 Å². The van der Waals surface area contributed by atoms with Crippen LogP contribution in [0.15, 0.2) is 24.3 Å². The van der Waals surface area contributed by atoms with E-state index in [1.165, 1.54) is 0 Å². The van der Waals surface area contributed by atoms with Gasteiger partial charge in [0.15, 0.2) is 0 Å². The van der Waals surface area contributed by atoms with Gasteiger partial charge < -0.3 is 5.32 Å². The van der Waals surface area contributed by atoms with Crippen molar-refractivity contribution in [3.8, 4) is 0 Å². The number of amides is 1. The third kappa shape index (κ3) is 4.47. The van der Waals surface area contributed by atoms with Gasteiger partial charge in [-0.3, -0.25) is 4.79 Å².